The molecule has 2 amide bonds. The molecule has 1 rings (SSSR count). The van der Waals surface area contributed by atoms with Crippen LogP contribution in [0.25, 0.3) is 0 Å². The van der Waals surface area contributed by atoms with Crippen molar-refractivity contribution in [3.8, 4) is 0 Å². The van der Waals surface area contributed by atoms with E-state index in [-0.39, 0.29) is 18.4 Å². The van der Waals surface area contributed by atoms with Crippen LogP contribution in [0, 0.1) is 5.92 Å². The first-order valence-corrected chi connectivity index (χ1v) is 7.95. The van der Waals surface area contributed by atoms with Crippen molar-refractivity contribution in [2.75, 3.05) is 18.4 Å². The summed E-state index contributed by atoms with van der Waals surface area (Å²) in [5.41, 5.74) is 1.93. The van der Waals surface area contributed by atoms with Gasteiger partial charge in [-0.25, -0.2) is 0 Å². The monoisotopic (exact) mass is 304 g/mol. The number of nitrogens with one attached hydrogen (secondary N) is 1. The van der Waals surface area contributed by atoms with Crippen molar-refractivity contribution >= 4 is 17.5 Å². The Morgan fingerprint density at radius 3 is 2.32 bits per heavy atom. The molecular weight excluding hydrogens is 276 g/mol. The third kappa shape index (κ3) is 5.88. The summed E-state index contributed by atoms with van der Waals surface area (Å²) in [5, 5.41) is 2.93. The Hall–Kier alpha value is -1.84. The van der Waals surface area contributed by atoms with Gasteiger partial charge >= 0.3 is 0 Å². The molecule has 0 aliphatic heterocycles. The van der Waals surface area contributed by atoms with Crippen LogP contribution in [0.2, 0.25) is 0 Å². The summed E-state index contributed by atoms with van der Waals surface area (Å²) >= 11 is 0. The van der Waals surface area contributed by atoms with Gasteiger partial charge in [-0.15, -0.1) is 0 Å². The molecule has 0 atom stereocenters. The number of hydrogen-bond donors (Lipinski definition) is 1. The van der Waals surface area contributed by atoms with E-state index in [2.05, 4.69) is 33.0 Å². The second-order valence-corrected chi connectivity index (χ2v) is 6.41. The zero-order chi connectivity index (χ0) is 16.7. The molecule has 122 valence electrons. The van der Waals surface area contributed by atoms with Crippen molar-refractivity contribution in [2.45, 2.75) is 47.0 Å². The molecule has 0 saturated heterocycles. The number of benzene rings is 1. The molecule has 0 bridgehead atoms. The SMILES string of the molecule is CC(=O)N(CCC(C)C)CC(=O)Nc1ccccc1C(C)C. The number of nitrogens with zero attached hydrogens (tertiary/aromatic N) is 1. The molecule has 0 radical (unpaired) electrons. The lowest BCUT2D eigenvalue weighted by Crippen LogP contribution is -2.37. The fraction of sp³-hybridized carbons (Fsp3) is 0.556. The number of para-hydroxylation sites is 1. The Kier molecular flexibility index (Phi) is 7.09. The quantitative estimate of drug-likeness (QED) is 0.836. The molecule has 0 fully saturated rings. The van der Waals surface area contributed by atoms with Gasteiger partial charge in [0.1, 0.15) is 0 Å². The van der Waals surface area contributed by atoms with E-state index in [1.807, 2.05) is 24.3 Å². The van der Waals surface area contributed by atoms with E-state index in [9.17, 15) is 9.59 Å². The molecule has 0 unspecified atom stereocenters. The lowest BCUT2D eigenvalue weighted by atomic mass is 10.0. The van der Waals surface area contributed by atoms with Gasteiger partial charge in [-0.2, -0.15) is 0 Å². The number of amides is 2. The Labute approximate surface area is 133 Å². The highest BCUT2D eigenvalue weighted by atomic mass is 16.2. The lowest BCUT2D eigenvalue weighted by Gasteiger charge is -2.22. The number of anilines is 1. The topological polar surface area (TPSA) is 49.4 Å². The molecule has 0 aliphatic rings. The first-order chi connectivity index (χ1) is 10.3. The molecule has 4 heteroatoms. The highest BCUT2D eigenvalue weighted by Crippen LogP contribution is 2.23. The maximum atomic E-state index is 12.2. The van der Waals surface area contributed by atoms with Gasteiger partial charge in [0.2, 0.25) is 11.8 Å². The van der Waals surface area contributed by atoms with Crippen molar-refractivity contribution in [2.24, 2.45) is 5.92 Å². The van der Waals surface area contributed by atoms with Crippen LogP contribution in [0.5, 0.6) is 0 Å². The summed E-state index contributed by atoms with van der Waals surface area (Å²) in [6.07, 6.45) is 0.898. The zero-order valence-electron chi connectivity index (χ0n) is 14.3. The van der Waals surface area contributed by atoms with Crippen LogP contribution in [-0.2, 0) is 9.59 Å². The second-order valence-electron chi connectivity index (χ2n) is 6.41. The van der Waals surface area contributed by atoms with Crippen LogP contribution in [0.3, 0.4) is 0 Å². The number of carbonyl (C=O) groups excluding carboxylic acids is 2. The fourth-order valence-corrected chi connectivity index (χ4v) is 2.24. The second kappa shape index (κ2) is 8.57. The summed E-state index contributed by atoms with van der Waals surface area (Å²) < 4.78 is 0. The van der Waals surface area contributed by atoms with Gasteiger partial charge in [0.25, 0.3) is 0 Å². The molecule has 1 N–H and O–H groups in total. The van der Waals surface area contributed by atoms with E-state index in [0.717, 1.165) is 17.7 Å². The average Bonchev–Trinajstić information content (AvgIpc) is 2.43. The zero-order valence-corrected chi connectivity index (χ0v) is 14.3. The normalized spacial score (nSPS) is 10.9. The van der Waals surface area contributed by atoms with Gasteiger partial charge in [-0.3, -0.25) is 9.59 Å². The summed E-state index contributed by atoms with van der Waals surface area (Å²) in [4.78, 5) is 25.5. The lowest BCUT2D eigenvalue weighted by molar-refractivity contribution is -0.132. The van der Waals surface area contributed by atoms with Gasteiger partial charge in [0.15, 0.2) is 0 Å². The standard InChI is InChI=1S/C18H28N2O2/c1-13(2)10-11-20(15(5)21)12-18(22)19-17-9-7-6-8-16(17)14(3)4/h6-9,13-14H,10-12H2,1-5H3,(H,19,22). The largest absolute Gasteiger partial charge is 0.334 e. The van der Waals surface area contributed by atoms with E-state index >= 15 is 0 Å². The molecule has 1 aromatic rings. The van der Waals surface area contributed by atoms with E-state index in [0.29, 0.717) is 18.4 Å². The Morgan fingerprint density at radius 1 is 1.14 bits per heavy atom. The molecule has 0 aromatic heterocycles. The maximum Gasteiger partial charge on any atom is 0.244 e. The highest BCUT2D eigenvalue weighted by molar-refractivity contribution is 5.95. The number of rotatable bonds is 7. The van der Waals surface area contributed by atoms with Crippen LogP contribution in [0.4, 0.5) is 5.69 Å². The van der Waals surface area contributed by atoms with Crippen LogP contribution >= 0.6 is 0 Å². The summed E-state index contributed by atoms with van der Waals surface area (Å²) in [6.45, 7) is 10.6. The van der Waals surface area contributed by atoms with Gasteiger partial charge in [0, 0.05) is 19.2 Å². The van der Waals surface area contributed by atoms with Gasteiger partial charge in [0.05, 0.1) is 6.54 Å². The van der Waals surface area contributed by atoms with E-state index in [1.54, 1.807) is 4.90 Å². The molecule has 1 aromatic carbocycles. The predicted octanol–water partition coefficient (Wildman–Crippen LogP) is 3.64. The van der Waals surface area contributed by atoms with Crippen LogP contribution in [0.1, 0.15) is 52.5 Å². The summed E-state index contributed by atoms with van der Waals surface area (Å²) in [7, 11) is 0. The van der Waals surface area contributed by atoms with Crippen molar-refractivity contribution in [1.82, 2.24) is 4.90 Å². The minimum Gasteiger partial charge on any atom is -0.334 e. The number of hydrogen-bond acceptors (Lipinski definition) is 2. The summed E-state index contributed by atoms with van der Waals surface area (Å²) in [6, 6.07) is 7.79. The molecule has 0 heterocycles. The highest BCUT2D eigenvalue weighted by Gasteiger charge is 2.15. The van der Waals surface area contributed by atoms with Gasteiger partial charge < -0.3 is 10.2 Å². The van der Waals surface area contributed by atoms with Crippen molar-refractivity contribution < 1.29 is 9.59 Å². The predicted molar refractivity (Wildman–Crippen MR) is 90.9 cm³/mol. The third-order valence-corrected chi connectivity index (χ3v) is 3.61. The van der Waals surface area contributed by atoms with E-state index < -0.39 is 0 Å². The Balaban J connectivity index is 2.70. The van der Waals surface area contributed by atoms with Crippen LogP contribution < -0.4 is 5.32 Å². The fourth-order valence-electron chi connectivity index (χ4n) is 2.24. The molecule has 0 saturated carbocycles. The molecular formula is C18H28N2O2. The Morgan fingerprint density at radius 2 is 1.77 bits per heavy atom. The molecule has 0 spiro atoms. The smallest absolute Gasteiger partial charge is 0.244 e. The molecule has 0 aliphatic carbocycles. The van der Waals surface area contributed by atoms with Gasteiger partial charge in [-0.05, 0) is 29.9 Å². The molecule has 22 heavy (non-hydrogen) atoms. The van der Waals surface area contributed by atoms with Crippen molar-refractivity contribution in [3.05, 3.63) is 29.8 Å². The van der Waals surface area contributed by atoms with Crippen LogP contribution in [0.15, 0.2) is 24.3 Å². The van der Waals surface area contributed by atoms with Gasteiger partial charge in [-0.1, -0.05) is 45.9 Å². The van der Waals surface area contributed by atoms with Crippen molar-refractivity contribution in [3.63, 3.8) is 0 Å². The minimum atomic E-state index is -0.146. The average molecular weight is 304 g/mol. The Bertz CT molecular complexity index is 510. The minimum absolute atomic E-state index is 0.0621. The maximum absolute atomic E-state index is 12.2. The van der Waals surface area contributed by atoms with E-state index in [4.69, 9.17) is 0 Å². The first-order valence-electron chi connectivity index (χ1n) is 7.95. The molecule has 4 nitrogen and oxygen atoms in total. The van der Waals surface area contributed by atoms with Crippen molar-refractivity contribution in [1.29, 1.82) is 0 Å². The first kappa shape index (κ1) is 18.2. The number of carbonyl (C=O) groups is 2. The third-order valence-electron chi connectivity index (χ3n) is 3.61. The summed E-state index contributed by atoms with van der Waals surface area (Å²) in [5.74, 6) is 0.632. The van der Waals surface area contributed by atoms with Crippen LogP contribution in [-0.4, -0.2) is 29.8 Å². The van der Waals surface area contributed by atoms with E-state index in [1.165, 1.54) is 6.92 Å².